The number of nitrogens with two attached hydrogens (primary N) is 1. The van der Waals surface area contributed by atoms with E-state index >= 15 is 0 Å². The number of rotatable bonds is 2. The maximum atomic E-state index is 13.3. The van der Waals surface area contributed by atoms with Crippen molar-refractivity contribution in [1.29, 1.82) is 0 Å². The van der Waals surface area contributed by atoms with E-state index in [1.807, 2.05) is 0 Å². The van der Waals surface area contributed by atoms with E-state index in [9.17, 15) is 4.39 Å². The Hall–Kier alpha value is -2.17. The van der Waals surface area contributed by atoms with Crippen LogP contribution in [-0.4, -0.2) is 17.1 Å². The fourth-order valence-corrected chi connectivity index (χ4v) is 1.56. The van der Waals surface area contributed by atoms with E-state index in [4.69, 9.17) is 10.5 Å². The molecule has 0 fully saturated rings. The standard InChI is InChI=1S/C12H12FN3O/c1-7-15-6-10(14)12(16-7)9-5-8(13)3-4-11(9)17-2/h3-6H,14H2,1-2H3. The lowest BCUT2D eigenvalue weighted by Gasteiger charge is -2.10. The molecular formula is C12H12FN3O. The summed E-state index contributed by atoms with van der Waals surface area (Å²) < 4.78 is 18.4. The minimum absolute atomic E-state index is 0.364. The third-order valence-electron chi connectivity index (χ3n) is 2.35. The molecule has 0 bridgehead atoms. The van der Waals surface area contributed by atoms with Gasteiger partial charge in [-0.2, -0.15) is 0 Å². The van der Waals surface area contributed by atoms with Crippen molar-refractivity contribution in [2.24, 2.45) is 0 Å². The lowest BCUT2D eigenvalue weighted by molar-refractivity contribution is 0.415. The summed E-state index contributed by atoms with van der Waals surface area (Å²) in [4.78, 5) is 8.18. The zero-order valence-corrected chi connectivity index (χ0v) is 9.57. The van der Waals surface area contributed by atoms with E-state index in [-0.39, 0.29) is 5.82 Å². The van der Waals surface area contributed by atoms with Crippen molar-refractivity contribution in [3.05, 3.63) is 36.0 Å². The molecule has 2 aromatic rings. The Kier molecular flexibility index (Phi) is 2.91. The van der Waals surface area contributed by atoms with Gasteiger partial charge in [-0.15, -0.1) is 0 Å². The quantitative estimate of drug-likeness (QED) is 0.863. The highest BCUT2D eigenvalue weighted by Crippen LogP contribution is 2.32. The molecule has 1 aromatic heterocycles. The van der Waals surface area contributed by atoms with E-state index in [0.29, 0.717) is 28.5 Å². The number of nitrogens with zero attached hydrogens (tertiary/aromatic N) is 2. The lowest BCUT2D eigenvalue weighted by Crippen LogP contribution is -1.99. The zero-order valence-electron chi connectivity index (χ0n) is 9.57. The van der Waals surface area contributed by atoms with Gasteiger partial charge in [0, 0.05) is 5.56 Å². The van der Waals surface area contributed by atoms with Crippen LogP contribution in [0.15, 0.2) is 24.4 Å². The lowest BCUT2D eigenvalue weighted by atomic mass is 10.1. The van der Waals surface area contributed by atoms with Gasteiger partial charge in [-0.25, -0.2) is 14.4 Å². The zero-order chi connectivity index (χ0) is 12.4. The molecule has 0 aliphatic rings. The molecule has 88 valence electrons. The second-order valence-electron chi connectivity index (χ2n) is 3.57. The molecule has 0 atom stereocenters. The highest BCUT2D eigenvalue weighted by atomic mass is 19.1. The summed E-state index contributed by atoms with van der Waals surface area (Å²) >= 11 is 0. The molecule has 0 aliphatic heterocycles. The molecule has 2 rings (SSSR count). The molecule has 0 unspecified atom stereocenters. The fourth-order valence-electron chi connectivity index (χ4n) is 1.56. The van der Waals surface area contributed by atoms with Crippen LogP contribution in [0.25, 0.3) is 11.3 Å². The van der Waals surface area contributed by atoms with Crippen molar-refractivity contribution < 1.29 is 9.13 Å². The molecule has 1 aromatic carbocycles. The number of anilines is 1. The van der Waals surface area contributed by atoms with Gasteiger partial charge in [0.15, 0.2) is 0 Å². The fraction of sp³-hybridized carbons (Fsp3) is 0.167. The van der Waals surface area contributed by atoms with Gasteiger partial charge in [0.25, 0.3) is 0 Å². The van der Waals surface area contributed by atoms with Gasteiger partial charge >= 0.3 is 0 Å². The van der Waals surface area contributed by atoms with Crippen molar-refractivity contribution in [3.8, 4) is 17.0 Å². The first-order valence-corrected chi connectivity index (χ1v) is 5.05. The van der Waals surface area contributed by atoms with E-state index in [1.165, 1.54) is 25.4 Å². The first-order valence-electron chi connectivity index (χ1n) is 5.05. The molecule has 17 heavy (non-hydrogen) atoms. The smallest absolute Gasteiger partial charge is 0.128 e. The molecule has 0 spiro atoms. The Morgan fingerprint density at radius 3 is 2.82 bits per heavy atom. The minimum atomic E-state index is -0.364. The minimum Gasteiger partial charge on any atom is -0.496 e. The molecule has 0 saturated heterocycles. The van der Waals surface area contributed by atoms with Crippen molar-refractivity contribution in [3.63, 3.8) is 0 Å². The molecule has 0 amide bonds. The summed E-state index contributed by atoms with van der Waals surface area (Å²) in [5.74, 6) is 0.730. The number of hydrogen-bond acceptors (Lipinski definition) is 4. The maximum absolute atomic E-state index is 13.3. The van der Waals surface area contributed by atoms with Crippen LogP contribution >= 0.6 is 0 Å². The molecule has 5 heteroatoms. The molecule has 2 N–H and O–H groups in total. The predicted molar refractivity (Wildman–Crippen MR) is 63.1 cm³/mol. The highest BCUT2D eigenvalue weighted by molar-refractivity contribution is 5.76. The number of aromatic nitrogens is 2. The van der Waals surface area contributed by atoms with Crippen molar-refractivity contribution >= 4 is 5.69 Å². The number of methoxy groups -OCH3 is 1. The normalized spacial score (nSPS) is 10.3. The number of halogens is 1. The molecular weight excluding hydrogens is 221 g/mol. The highest BCUT2D eigenvalue weighted by Gasteiger charge is 2.12. The second kappa shape index (κ2) is 4.37. The summed E-state index contributed by atoms with van der Waals surface area (Å²) in [5.41, 5.74) is 7.18. The third kappa shape index (κ3) is 2.18. The SMILES string of the molecule is COc1ccc(F)cc1-c1nc(C)ncc1N. The van der Waals surface area contributed by atoms with Crippen LogP contribution in [-0.2, 0) is 0 Å². The van der Waals surface area contributed by atoms with Gasteiger partial charge in [-0.1, -0.05) is 0 Å². The molecule has 0 saturated carbocycles. The first-order chi connectivity index (χ1) is 8.11. The number of aryl methyl sites for hydroxylation is 1. The van der Waals surface area contributed by atoms with Gasteiger partial charge in [0.1, 0.15) is 23.1 Å². The number of hydrogen-bond donors (Lipinski definition) is 1. The van der Waals surface area contributed by atoms with Crippen LogP contribution in [0, 0.1) is 12.7 Å². The number of nitrogen functional groups attached to an aromatic ring is 1. The van der Waals surface area contributed by atoms with Crippen molar-refractivity contribution in [2.45, 2.75) is 6.92 Å². The predicted octanol–water partition coefficient (Wildman–Crippen LogP) is 2.18. The Bertz CT molecular complexity index is 557. The number of ether oxygens (including phenoxy) is 1. The van der Waals surface area contributed by atoms with Gasteiger partial charge in [0.2, 0.25) is 0 Å². The Labute approximate surface area is 98.3 Å². The van der Waals surface area contributed by atoms with Crippen LogP contribution in [0.3, 0.4) is 0 Å². The second-order valence-corrected chi connectivity index (χ2v) is 3.57. The average Bonchev–Trinajstić information content (AvgIpc) is 2.32. The Balaban J connectivity index is 2.66. The summed E-state index contributed by atoms with van der Waals surface area (Å²) in [6, 6.07) is 4.21. The summed E-state index contributed by atoms with van der Waals surface area (Å²) in [6.07, 6.45) is 1.50. The van der Waals surface area contributed by atoms with Gasteiger partial charge < -0.3 is 10.5 Å². The largest absolute Gasteiger partial charge is 0.496 e. The summed E-state index contributed by atoms with van der Waals surface area (Å²) in [7, 11) is 1.51. The Morgan fingerprint density at radius 1 is 1.35 bits per heavy atom. The third-order valence-corrected chi connectivity index (χ3v) is 2.35. The summed E-state index contributed by atoms with van der Waals surface area (Å²) in [5, 5.41) is 0. The van der Waals surface area contributed by atoms with Crippen LogP contribution in [0.5, 0.6) is 5.75 Å². The van der Waals surface area contributed by atoms with Crippen LogP contribution in [0.4, 0.5) is 10.1 Å². The monoisotopic (exact) mass is 233 g/mol. The molecule has 0 radical (unpaired) electrons. The van der Waals surface area contributed by atoms with Gasteiger partial charge in [0.05, 0.1) is 19.0 Å². The van der Waals surface area contributed by atoms with Gasteiger partial charge in [-0.3, -0.25) is 0 Å². The maximum Gasteiger partial charge on any atom is 0.128 e. The number of benzene rings is 1. The van der Waals surface area contributed by atoms with E-state index in [0.717, 1.165) is 0 Å². The molecule has 0 aliphatic carbocycles. The Morgan fingerprint density at radius 2 is 2.12 bits per heavy atom. The topological polar surface area (TPSA) is 61.0 Å². The van der Waals surface area contributed by atoms with Crippen LogP contribution < -0.4 is 10.5 Å². The van der Waals surface area contributed by atoms with Crippen molar-refractivity contribution in [1.82, 2.24) is 9.97 Å². The average molecular weight is 233 g/mol. The summed E-state index contributed by atoms with van der Waals surface area (Å²) in [6.45, 7) is 1.74. The van der Waals surface area contributed by atoms with Crippen LogP contribution in [0.1, 0.15) is 5.82 Å². The molecule has 4 nitrogen and oxygen atoms in total. The van der Waals surface area contributed by atoms with Crippen LogP contribution in [0.2, 0.25) is 0 Å². The van der Waals surface area contributed by atoms with Gasteiger partial charge in [-0.05, 0) is 25.1 Å². The molecule has 1 heterocycles. The van der Waals surface area contributed by atoms with E-state index in [1.54, 1.807) is 13.0 Å². The first kappa shape index (κ1) is 11.3. The van der Waals surface area contributed by atoms with E-state index in [2.05, 4.69) is 9.97 Å². The van der Waals surface area contributed by atoms with Crippen molar-refractivity contribution in [2.75, 3.05) is 12.8 Å². The van der Waals surface area contributed by atoms with E-state index < -0.39 is 0 Å².